The highest BCUT2D eigenvalue weighted by atomic mass is 127. The molecule has 0 unspecified atom stereocenters. The number of nitrogens with one attached hydrogen (secondary N) is 1. The minimum atomic E-state index is 0.0236. The van der Waals surface area contributed by atoms with Crippen LogP contribution in [0, 0.1) is 3.57 Å². The summed E-state index contributed by atoms with van der Waals surface area (Å²) in [4.78, 5) is 4.79. The van der Waals surface area contributed by atoms with Gasteiger partial charge < -0.3 is 5.32 Å². The van der Waals surface area contributed by atoms with Crippen LogP contribution in [0.1, 0.15) is 45.4 Å². The Bertz CT molecular complexity index is 599. The molecule has 0 aromatic carbocycles. The molecule has 21 heavy (non-hydrogen) atoms. The Balaban J connectivity index is 2.37. The number of aromatic nitrogens is 3. The van der Waals surface area contributed by atoms with Crippen LogP contribution in [0.2, 0.25) is 0 Å². The molecule has 2 aromatic rings. The molecule has 0 atom stereocenters. The highest BCUT2D eigenvalue weighted by molar-refractivity contribution is 14.1. The second-order valence-electron chi connectivity index (χ2n) is 6.25. The lowest BCUT2D eigenvalue weighted by atomic mass is 9.90. The fourth-order valence-electron chi connectivity index (χ4n) is 2.01. The number of nitrogens with zero attached hydrogens (tertiary/aromatic N) is 3. The third kappa shape index (κ3) is 4.51. The minimum absolute atomic E-state index is 0.0236. The Hall–Kier alpha value is -0.950. The van der Waals surface area contributed by atoms with Crippen molar-refractivity contribution in [2.75, 3.05) is 6.54 Å². The summed E-state index contributed by atoms with van der Waals surface area (Å²) >= 11 is 2.27. The van der Waals surface area contributed by atoms with E-state index in [2.05, 4.69) is 72.8 Å². The standard InChI is InChI=1S/C16H23IN4/c1-5-6-18-9-12-7-14(16(2,3)4)20-15(8-12)21-11-13(17)10-19-21/h7-8,10-11,18H,5-6,9H2,1-4H3. The van der Waals surface area contributed by atoms with Gasteiger partial charge in [0, 0.05) is 23.9 Å². The maximum absolute atomic E-state index is 4.79. The van der Waals surface area contributed by atoms with Gasteiger partial charge in [0.15, 0.2) is 5.82 Å². The molecule has 0 aliphatic carbocycles. The summed E-state index contributed by atoms with van der Waals surface area (Å²) in [7, 11) is 0. The Morgan fingerprint density at radius 3 is 2.62 bits per heavy atom. The van der Waals surface area contributed by atoms with Gasteiger partial charge in [0.2, 0.25) is 0 Å². The Labute approximate surface area is 140 Å². The lowest BCUT2D eigenvalue weighted by Crippen LogP contribution is -2.19. The van der Waals surface area contributed by atoms with E-state index in [0.29, 0.717) is 0 Å². The summed E-state index contributed by atoms with van der Waals surface area (Å²) in [6.45, 7) is 10.6. The first-order valence-electron chi connectivity index (χ1n) is 7.33. The van der Waals surface area contributed by atoms with Crippen molar-refractivity contribution in [3.8, 4) is 5.82 Å². The third-order valence-corrected chi connectivity index (χ3v) is 3.74. The van der Waals surface area contributed by atoms with Gasteiger partial charge in [-0.2, -0.15) is 5.10 Å². The van der Waals surface area contributed by atoms with Crippen molar-refractivity contribution in [1.29, 1.82) is 0 Å². The average molecular weight is 398 g/mol. The summed E-state index contributed by atoms with van der Waals surface area (Å²) in [5, 5.41) is 7.83. The maximum Gasteiger partial charge on any atom is 0.153 e. The molecular weight excluding hydrogens is 375 g/mol. The largest absolute Gasteiger partial charge is 0.313 e. The second-order valence-corrected chi connectivity index (χ2v) is 7.49. The SMILES string of the molecule is CCCNCc1cc(-n2cc(I)cn2)nc(C(C)(C)C)c1. The fourth-order valence-corrected chi connectivity index (χ4v) is 2.40. The predicted octanol–water partition coefficient (Wildman–Crippen LogP) is 3.67. The molecule has 0 amide bonds. The number of rotatable bonds is 5. The molecule has 114 valence electrons. The molecule has 5 heteroatoms. The van der Waals surface area contributed by atoms with Crippen molar-refractivity contribution in [3.05, 3.63) is 39.4 Å². The van der Waals surface area contributed by atoms with Gasteiger partial charge in [0.25, 0.3) is 0 Å². The molecule has 2 heterocycles. The van der Waals surface area contributed by atoms with E-state index in [-0.39, 0.29) is 5.41 Å². The summed E-state index contributed by atoms with van der Waals surface area (Å²) < 4.78 is 2.96. The van der Waals surface area contributed by atoms with Crippen molar-refractivity contribution < 1.29 is 0 Å². The summed E-state index contributed by atoms with van der Waals surface area (Å²) in [6, 6.07) is 4.31. The lowest BCUT2D eigenvalue weighted by Gasteiger charge is -2.20. The highest BCUT2D eigenvalue weighted by Gasteiger charge is 2.18. The van der Waals surface area contributed by atoms with E-state index in [0.717, 1.165) is 34.6 Å². The van der Waals surface area contributed by atoms with Crippen LogP contribution >= 0.6 is 22.6 Å². The number of halogens is 1. The van der Waals surface area contributed by atoms with E-state index in [1.807, 2.05) is 17.1 Å². The highest BCUT2D eigenvalue weighted by Crippen LogP contribution is 2.23. The first-order chi connectivity index (χ1) is 9.90. The topological polar surface area (TPSA) is 42.7 Å². The first kappa shape index (κ1) is 16.4. The molecule has 0 radical (unpaired) electrons. The zero-order chi connectivity index (χ0) is 15.5. The van der Waals surface area contributed by atoms with Crippen LogP contribution in [0.3, 0.4) is 0 Å². The Kier molecular flexibility index (Phi) is 5.37. The van der Waals surface area contributed by atoms with E-state index in [1.165, 1.54) is 5.56 Å². The zero-order valence-electron chi connectivity index (χ0n) is 13.2. The molecule has 2 rings (SSSR count). The number of hydrogen-bond acceptors (Lipinski definition) is 3. The second kappa shape index (κ2) is 6.87. The van der Waals surface area contributed by atoms with Gasteiger partial charge in [-0.15, -0.1) is 0 Å². The van der Waals surface area contributed by atoms with E-state index in [4.69, 9.17) is 4.98 Å². The summed E-state index contributed by atoms with van der Waals surface area (Å²) in [6.07, 6.45) is 4.99. The molecule has 0 bridgehead atoms. The molecule has 0 spiro atoms. The predicted molar refractivity (Wildman–Crippen MR) is 94.8 cm³/mol. The number of hydrogen-bond donors (Lipinski definition) is 1. The molecule has 0 aliphatic heterocycles. The normalized spacial score (nSPS) is 11.9. The summed E-state index contributed by atoms with van der Waals surface area (Å²) in [5.74, 6) is 0.888. The lowest BCUT2D eigenvalue weighted by molar-refractivity contribution is 0.563. The molecular formula is C16H23IN4. The molecule has 0 saturated heterocycles. The monoisotopic (exact) mass is 398 g/mol. The zero-order valence-corrected chi connectivity index (χ0v) is 15.3. The van der Waals surface area contributed by atoms with Gasteiger partial charge in [-0.25, -0.2) is 9.67 Å². The molecule has 1 N–H and O–H groups in total. The van der Waals surface area contributed by atoms with Gasteiger partial charge in [-0.1, -0.05) is 27.7 Å². The van der Waals surface area contributed by atoms with Crippen LogP contribution in [0.25, 0.3) is 5.82 Å². The molecule has 0 saturated carbocycles. The van der Waals surface area contributed by atoms with Crippen LogP contribution in [0.4, 0.5) is 0 Å². The van der Waals surface area contributed by atoms with Crippen molar-refractivity contribution in [2.24, 2.45) is 0 Å². The Morgan fingerprint density at radius 2 is 2.05 bits per heavy atom. The quantitative estimate of drug-likeness (QED) is 0.618. The van der Waals surface area contributed by atoms with Crippen molar-refractivity contribution in [3.63, 3.8) is 0 Å². The maximum atomic E-state index is 4.79. The van der Waals surface area contributed by atoms with Crippen LogP contribution in [-0.4, -0.2) is 21.3 Å². The average Bonchev–Trinajstić information content (AvgIpc) is 2.84. The summed E-state index contributed by atoms with van der Waals surface area (Å²) in [5.41, 5.74) is 2.37. The fraction of sp³-hybridized carbons (Fsp3) is 0.500. The van der Waals surface area contributed by atoms with Gasteiger partial charge in [0.05, 0.1) is 9.77 Å². The van der Waals surface area contributed by atoms with E-state index >= 15 is 0 Å². The van der Waals surface area contributed by atoms with Crippen molar-refractivity contribution in [1.82, 2.24) is 20.1 Å². The van der Waals surface area contributed by atoms with E-state index in [1.54, 1.807) is 0 Å². The van der Waals surface area contributed by atoms with Crippen LogP contribution in [0.5, 0.6) is 0 Å². The molecule has 4 nitrogen and oxygen atoms in total. The van der Waals surface area contributed by atoms with Crippen molar-refractivity contribution >= 4 is 22.6 Å². The van der Waals surface area contributed by atoms with Gasteiger partial charge in [0.1, 0.15) is 0 Å². The minimum Gasteiger partial charge on any atom is -0.313 e. The van der Waals surface area contributed by atoms with Crippen molar-refractivity contribution in [2.45, 2.75) is 46.1 Å². The number of pyridine rings is 1. The van der Waals surface area contributed by atoms with Gasteiger partial charge in [-0.05, 0) is 53.3 Å². The molecule has 0 fully saturated rings. The van der Waals surface area contributed by atoms with Crippen LogP contribution < -0.4 is 5.32 Å². The molecule has 0 aliphatic rings. The molecule has 2 aromatic heterocycles. The van der Waals surface area contributed by atoms with E-state index in [9.17, 15) is 0 Å². The smallest absolute Gasteiger partial charge is 0.153 e. The third-order valence-electron chi connectivity index (χ3n) is 3.18. The van der Waals surface area contributed by atoms with Gasteiger partial charge in [-0.3, -0.25) is 0 Å². The van der Waals surface area contributed by atoms with Gasteiger partial charge >= 0.3 is 0 Å². The van der Waals surface area contributed by atoms with Crippen LogP contribution in [0.15, 0.2) is 24.5 Å². The first-order valence-corrected chi connectivity index (χ1v) is 8.40. The van der Waals surface area contributed by atoms with E-state index < -0.39 is 0 Å². The Morgan fingerprint density at radius 1 is 1.29 bits per heavy atom. The van der Waals surface area contributed by atoms with Crippen LogP contribution in [-0.2, 0) is 12.0 Å².